The number of ether oxygens (including phenoxy) is 1. The van der Waals surface area contributed by atoms with Crippen LogP contribution in [0.5, 0.6) is 0 Å². The van der Waals surface area contributed by atoms with Crippen LogP contribution in [0.15, 0.2) is 0 Å². The molecule has 0 spiro atoms. The number of esters is 1. The molecule has 2 nitrogen and oxygen atoms in total. The topological polar surface area (TPSA) is 26.3 Å². The molecule has 0 atom stereocenters. The fourth-order valence-corrected chi connectivity index (χ4v) is 1.74. The average molecular weight is 352 g/mol. The molecule has 0 unspecified atom stereocenters. The van der Waals surface area contributed by atoms with Crippen molar-refractivity contribution >= 4 is 51.2 Å². The zero-order valence-corrected chi connectivity index (χ0v) is 9.01. The van der Waals surface area contributed by atoms with E-state index in [2.05, 4.69) is 45.2 Å². The number of cyclic esters (lactones) is 1. The summed E-state index contributed by atoms with van der Waals surface area (Å²) in [7, 11) is 0. The van der Waals surface area contributed by atoms with E-state index >= 15 is 0 Å². The van der Waals surface area contributed by atoms with Crippen LogP contribution in [-0.2, 0) is 9.53 Å². The van der Waals surface area contributed by atoms with Crippen LogP contribution in [0.2, 0.25) is 0 Å². The van der Waals surface area contributed by atoms with E-state index in [1.165, 1.54) is 0 Å². The summed E-state index contributed by atoms with van der Waals surface area (Å²) < 4.78 is 4.56. The molecule has 0 saturated carbocycles. The van der Waals surface area contributed by atoms with Gasteiger partial charge in [-0.3, -0.25) is 0 Å². The molecule has 0 aromatic carbocycles. The standard InChI is InChI=1S/C5H6I2O2/c6-5(7)2-1-3-9-4(5)8/h1-3H2. The molecule has 0 aromatic heterocycles. The molecule has 0 aliphatic carbocycles. The Morgan fingerprint density at radius 1 is 1.56 bits per heavy atom. The molecule has 4 heteroatoms. The lowest BCUT2D eigenvalue weighted by molar-refractivity contribution is -0.145. The van der Waals surface area contributed by atoms with Crippen molar-refractivity contribution < 1.29 is 9.53 Å². The smallest absolute Gasteiger partial charge is 0.332 e. The van der Waals surface area contributed by atoms with Crippen molar-refractivity contribution in [3.05, 3.63) is 0 Å². The van der Waals surface area contributed by atoms with Gasteiger partial charge in [-0.25, -0.2) is 4.79 Å². The van der Waals surface area contributed by atoms with E-state index in [4.69, 9.17) is 4.74 Å². The first-order chi connectivity index (χ1) is 4.13. The van der Waals surface area contributed by atoms with Crippen molar-refractivity contribution in [3.8, 4) is 0 Å². The lowest BCUT2D eigenvalue weighted by Gasteiger charge is -2.23. The Hall–Kier alpha value is 0.930. The zero-order chi connectivity index (χ0) is 6.91. The Morgan fingerprint density at radius 2 is 2.22 bits per heavy atom. The molecule has 0 radical (unpaired) electrons. The lowest BCUT2D eigenvalue weighted by atomic mass is 10.2. The van der Waals surface area contributed by atoms with Gasteiger partial charge in [0.15, 0.2) is 1.43 Å². The Labute approximate surface area is 81.0 Å². The molecule has 1 rings (SSSR count). The summed E-state index contributed by atoms with van der Waals surface area (Å²) in [5.41, 5.74) is 0. The third-order valence-electron chi connectivity index (χ3n) is 1.17. The van der Waals surface area contributed by atoms with E-state index in [1.807, 2.05) is 0 Å². The third kappa shape index (κ3) is 1.92. The molecule has 1 aliphatic rings. The van der Waals surface area contributed by atoms with E-state index < -0.39 is 0 Å². The lowest BCUT2D eigenvalue weighted by Crippen LogP contribution is -2.32. The monoisotopic (exact) mass is 352 g/mol. The van der Waals surface area contributed by atoms with Gasteiger partial charge in [-0.2, -0.15) is 0 Å². The predicted octanol–water partition coefficient (Wildman–Crippen LogP) is 1.89. The highest BCUT2D eigenvalue weighted by Crippen LogP contribution is 2.36. The molecular formula is C5H6I2O2. The van der Waals surface area contributed by atoms with Gasteiger partial charge < -0.3 is 4.74 Å². The highest BCUT2D eigenvalue weighted by atomic mass is 127. The van der Waals surface area contributed by atoms with Crippen LogP contribution in [0.3, 0.4) is 0 Å². The molecule has 0 bridgehead atoms. The van der Waals surface area contributed by atoms with E-state index in [9.17, 15) is 4.79 Å². The van der Waals surface area contributed by atoms with Crippen LogP contribution >= 0.6 is 45.2 Å². The first kappa shape index (κ1) is 8.03. The summed E-state index contributed by atoms with van der Waals surface area (Å²) in [6, 6.07) is 0. The number of hydrogen-bond donors (Lipinski definition) is 0. The molecule has 1 saturated heterocycles. The second-order valence-corrected chi connectivity index (χ2v) is 7.69. The summed E-state index contributed by atoms with van der Waals surface area (Å²) >= 11 is 4.26. The SMILES string of the molecule is O=C1OCCCC1(I)I. The maximum absolute atomic E-state index is 10.9. The number of hydrogen-bond acceptors (Lipinski definition) is 2. The van der Waals surface area contributed by atoms with Crippen molar-refractivity contribution in [1.82, 2.24) is 0 Å². The van der Waals surface area contributed by atoms with Gasteiger partial charge in [-0.05, 0) is 12.8 Å². The van der Waals surface area contributed by atoms with E-state index in [-0.39, 0.29) is 7.40 Å². The van der Waals surface area contributed by atoms with Crippen molar-refractivity contribution in [2.75, 3.05) is 6.61 Å². The zero-order valence-electron chi connectivity index (χ0n) is 4.69. The summed E-state index contributed by atoms with van der Waals surface area (Å²) in [5.74, 6) is -0.0741. The second-order valence-electron chi connectivity index (χ2n) is 1.94. The van der Waals surface area contributed by atoms with E-state index in [0.717, 1.165) is 12.8 Å². The van der Waals surface area contributed by atoms with Crippen LogP contribution in [0.1, 0.15) is 12.8 Å². The van der Waals surface area contributed by atoms with Crippen LogP contribution < -0.4 is 0 Å². The molecule has 1 aliphatic heterocycles. The minimum atomic E-state index is -0.284. The molecule has 1 fully saturated rings. The van der Waals surface area contributed by atoms with Crippen LogP contribution in [0, 0.1) is 0 Å². The van der Waals surface area contributed by atoms with Crippen LogP contribution in [0.4, 0.5) is 0 Å². The van der Waals surface area contributed by atoms with Gasteiger partial charge in [0.05, 0.1) is 6.61 Å². The van der Waals surface area contributed by atoms with Gasteiger partial charge in [0, 0.05) is 0 Å². The first-order valence-corrected chi connectivity index (χ1v) is 4.84. The van der Waals surface area contributed by atoms with Gasteiger partial charge in [0.2, 0.25) is 0 Å². The molecule has 0 N–H and O–H groups in total. The minimum absolute atomic E-state index is 0.0741. The number of carbonyl (C=O) groups is 1. The largest absolute Gasteiger partial charge is 0.464 e. The maximum Gasteiger partial charge on any atom is 0.332 e. The second kappa shape index (κ2) is 2.89. The van der Waals surface area contributed by atoms with Crippen molar-refractivity contribution in [2.45, 2.75) is 14.3 Å². The molecule has 0 amide bonds. The summed E-state index contributed by atoms with van der Waals surface area (Å²) in [6.07, 6.45) is 1.94. The third-order valence-corrected chi connectivity index (χ3v) is 3.13. The number of halogens is 2. The minimum Gasteiger partial charge on any atom is -0.464 e. The Morgan fingerprint density at radius 3 is 2.56 bits per heavy atom. The molecular weight excluding hydrogens is 346 g/mol. The predicted molar refractivity (Wildman–Crippen MR) is 51.0 cm³/mol. The highest BCUT2D eigenvalue weighted by Gasteiger charge is 2.36. The fraction of sp³-hybridized carbons (Fsp3) is 0.800. The Balaban J connectivity index is 2.60. The van der Waals surface area contributed by atoms with Gasteiger partial charge in [-0.15, -0.1) is 0 Å². The molecule has 9 heavy (non-hydrogen) atoms. The van der Waals surface area contributed by atoms with Crippen LogP contribution in [-0.4, -0.2) is 14.0 Å². The molecule has 52 valence electrons. The molecule has 1 heterocycles. The molecule has 0 aromatic rings. The maximum atomic E-state index is 10.9. The highest BCUT2D eigenvalue weighted by molar-refractivity contribution is 14.2. The number of alkyl halides is 2. The average Bonchev–Trinajstić information content (AvgIpc) is 1.77. The van der Waals surface area contributed by atoms with Crippen LogP contribution in [0.25, 0.3) is 0 Å². The van der Waals surface area contributed by atoms with Crippen molar-refractivity contribution in [2.24, 2.45) is 0 Å². The number of rotatable bonds is 0. The van der Waals surface area contributed by atoms with Gasteiger partial charge >= 0.3 is 5.97 Å². The van der Waals surface area contributed by atoms with Gasteiger partial charge in [-0.1, -0.05) is 45.2 Å². The summed E-state index contributed by atoms with van der Waals surface area (Å²) in [5, 5.41) is 0. The van der Waals surface area contributed by atoms with E-state index in [0.29, 0.717) is 6.61 Å². The number of carbonyl (C=O) groups excluding carboxylic acids is 1. The Bertz CT molecular complexity index is 133. The van der Waals surface area contributed by atoms with E-state index in [1.54, 1.807) is 0 Å². The van der Waals surface area contributed by atoms with Gasteiger partial charge in [0.1, 0.15) is 0 Å². The Kier molecular flexibility index (Phi) is 2.58. The summed E-state index contributed by atoms with van der Waals surface area (Å²) in [6.45, 7) is 0.604. The normalized spacial score (nSPS) is 25.3. The summed E-state index contributed by atoms with van der Waals surface area (Å²) in [4.78, 5) is 10.9. The quantitative estimate of drug-likeness (QED) is 0.378. The van der Waals surface area contributed by atoms with Crippen molar-refractivity contribution in [3.63, 3.8) is 0 Å². The fourth-order valence-electron chi connectivity index (χ4n) is 0.667. The van der Waals surface area contributed by atoms with Crippen molar-refractivity contribution in [1.29, 1.82) is 0 Å². The first-order valence-electron chi connectivity index (χ1n) is 2.68. The van der Waals surface area contributed by atoms with Gasteiger partial charge in [0.25, 0.3) is 0 Å².